The van der Waals surface area contributed by atoms with Crippen molar-refractivity contribution in [2.45, 2.75) is 10.9 Å². The van der Waals surface area contributed by atoms with Crippen molar-refractivity contribution in [3.63, 3.8) is 0 Å². The monoisotopic (exact) mass is 324 g/mol. The van der Waals surface area contributed by atoms with Crippen LogP contribution in [0.25, 0.3) is 0 Å². The third-order valence-corrected chi connectivity index (χ3v) is 5.04. The first-order chi connectivity index (χ1) is 9.97. The number of fused-ring (bicyclic) bond motifs is 1. The van der Waals surface area contributed by atoms with Gasteiger partial charge in [0.15, 0.2) is 0 Å². The summed E-state index contributed by atoms with van der Waals surface area (Å²) in [5, 5.41) is 0.390. The summed E-state index contributed by atoms with van der Waals surface area (Å²) in [6.07, 6.45) is 0. The lowest BCUT2D eigenvalue weighted by atomic mass is 10.1. The van der Waals surface area contributed by atoms with Gasteiger partial charge in [-0.25, -0.2) is 8.42 Å². The van der Waals surface area contributed by atoms with E-state index < -0.39 is 16.1 Å². The molecule has 7 heteroatoms. The number of ether oxygens (including phenoxy) is 1. The number of anilines is 1. The highest BCUT2D eigenvalue weighted by atomic mass is 35.5. The van der Waals surface area contributed by atoms with Crippen LogP contribution in [0.3, 0.4) is 0 Å². The Morgan fingerprint density at radius 1 is 1.24 bits per heavy atom. The highest BCUT2D eigenvalue weighted by molar-refractivity contribution is 7.89. The van der Waals surface area contributed by atoms with Crippen LogP contribution in [-0.4, -0.2) is 15.0 Å². The number of halogens is 1. The number of nitrogens with one attached hydrogen (secondary N) is 1. The van der Waals surface area contributed by atoms with Crippen molar-refractivity contribution in [2.75, 3.05) is 12.3 Å². The number of hydrogen-bond donors (Lipinski definition) is 2. The molecule has 0 bridgehead atoms. The molecule has 21 heavy (non-hydrogen) atoms. The van der Waals surface area contributed by atoms with E-state index in [2.05, 4.69) is 4.72 Å². The number of para-hydroxylation sites is 1. The second-order valence-electron chi connectivity index (χ2n) is 4.70. The second kappa shape index (κ2) is 5.22. The molecule has 0 amide bonds. The molecule has 2 aromatic carbocycles. The molecule has 0 saturated heterocycles. The molecule has 2 aromatic rings. The highest BCUT2D eigenvalue weighted by Gasteiger charge is 2.29. The highest BCUT2D eigenvalue weighted by Crippen LogP contribution is 2.33. The Hall–Kier alpha value is -1.76. The van der Waals surface area contributed by atoms with Gasteiger partial charge in [-0.2, -0.15) is 4.72 Å². The molecule has 0 aliphatic carbocycles. The minimum absolute atomic E-state index is 0.0104. The maximum Gasteiger partial charge on any atom is 0.243 e. The number of benzene rings is 2. The minimum Gasteiger partial charge on any atom is -0.491 e. The Morgan fingerprint density at radius 2 is 2.00 bits per heavy atom. The van der Waals surface area contributed by atoms with Gasteiger partial charge in [-0.1, -0.05) is 29.8 Å². The number of nitrogen functional groups attached to an aromatic ring is 1. The Morgan fingerprint density at radius 3 is 2.76 bits per heavy atom. The van der Waals surface area contributed by atoms with Crippen LogP contribution in [0.2, 0.25) is 5.02 Å². The summed E-state index contributed by atoms with van der Waals surface area (Å²) >= 11 is 5.79. The molecule has 5 nitrogen and oxygen atoms in total. The third-order valence-electron chi connectivity index (χ3n) is 3.26. The van der Waals surface area contributed by atoms with Crippen molar-refractivity contribution in [3.8, 4) is 5.75 Å². The van der Waals surface area contributed by atoms with E-state index in [1.807, 2.05) is 18.2 Å². The van der Waals surface area contributed by atoms with E-state index in [9.17, 15) is 8.42 Å². The number of nitrogens with two attached hydrogens (primary N) is 1. The predicted molar refractivity (Wildman–Crippen MR) is 80.9 cm³/mol. The van der Waals surface area contributed by atoms with E-state index in [-0.39, 0.29) is 17.2 Å². The Kier molecular flexibility index (Phi) is 3.52. The van der Waals surface area contributed by atoms with Gasteiger partial charge in [0.2, 0.25) is 10.0 Å². The van der Waals surface area contributed by atoms with Crippen molar-refractivity contribution in [3.05, 3.63) is 53.1 Å². The van der Waals surface area contributed by atoms with Crippen molar-refractivity contribution < 1.29 is 13.2 Å². The zero-order chi connectivity index (χ0) is 15.0. The normalized spacial score (nSPS) is 17.3. The van der Waals surface area contributed by atoms with Gasteiger partial charge in [0.05, 0.1) is 11.7 Å². The minimum atomic E-state index is -3.75. The van der Waals surface area contributed by atoms with Gasteiger partial charge < -0.3 is 10.5 Å². The number of sulfonamides is 1. The molecule has 0 saturated carbocycles. The van der Waals surface area contributed by atoms with Crippen LogP contribution in [0, 0.1) is 0 Å². The number of rotatable bonds is 3. The maximum absolute atomic E-state index is 12.4. The average Bonchev–Trinajstić information content (AvgIpc) is 2.81. The molecule has 0 spiro atoms. The summed E-state index contributed by atoms with van der Waals surface area (Å²) in [7, 11) is -3.75. The van der Waals surface area contributed by atoms with E-state index in [4.69, 9.17) is 22.1 Å². The molecular weight excluding hydrogens is 312 g/mol. The Labute approximate surface area is 127 Å². The van der Waals surface area contributed by atoms with E-state index in [1.165, 1.54) is 18.2 Å². The van der Waals surface area contributed by atoms with Crippen molar-refractivity contribution >= 4 is 27.3 Å². The number of hydrogen-bond acceptors (Lipinski definition) is 4. The summed E-state index contributed by atoms with van der Waals surface area (Å²) in [5.74, 6) is 0.689. The standard InChI is InChI=1S/C14H13ClN2O3S/c15-9-5-6-14(11(16)7-9)21(18,19)17-12-8-20-13-4-2-1-3-10(12)13/h1-7,12,17H,8,16H2. The van der Waals surface area contributed by atoms with Gasteiger partial charge >= 0.3 is 0 Å². The molecule has 1 atom stereocenters. The van der Waals surface area contributed by atoms with Crippen LogP contribution in [0.15, 0.2) is 47.4 Å². The van der Waals surface area contributed by atoms with Gasteiger partial charge in [0.1, 0.15) is 17.3 Å². The van der Waals surface area contributed by atoms with Gasteiger partial charge in [-0.3, -0.25) is 0 Å². The zero-order valence-corrected chi connectivity index (χ0v) is 12.5. The molecular formula is C14H13ClN2O3S. The average molecular weight is 325 g/mol. The van der Waals surface area contributed by atoms with Crippen LogP contribution < -0.4 is 15.2 Å². The first-order valence-electron chi connectivity index (χ1n) is 6.26. The fourth-order valence-corrected chi connectivity index (χ4v) is 3.77. The second-order valence-corrected chi connectivity index (χ2v) is 6.82. The van der Waals surface area contributed by atoms with Crippen molar-refractivity contribution in [2.24, 2.45) is 0 Å². The summed E-state index contributed by atoms with van der Waals surface area (Å²) < 4.78 is 33.0. The lowest BCUT2D eigenvalue weighted by Crippen LogP contribution is -2.30. The lowest BCUT2D eigenvalue weighted by Gasteiger charge is -2.13. The lowest BCUT2D eigenvalue weighted by molar-refractivity contribution is 0.325. The summed E-state index contributed by atoms with van der Waals surface area (Å²) in [4.78, 5) is 0.0104. The van der Waals surface area contributed by atoms with Crippen LogP contribution in [0.4, 0.5) is 5.69 Å². The first-order valence-corrected chi connectivity index (χ1v) is 8.12. The largest absolute Gasteiger partial charge is 0.491 e. The molecule has 1 unspecified atom stereocenters. The molecule has 0 aromatic heterocycles. The summed E-state index contributed by atoms with van der Waals surface area (Å²) in [5.41, 5.74) is 6.67. The van der Waals surface area contributed by atoms with Gasteiger partial charge in [0, 0.05) is 10.6 Å². The summed E-state index contributed by atoms with van der Waals surface area (Å²) in [6.45, 7) is 0.256. The quantitative estimate of drug-likeness (QED) is 0.849. The summed E-state index contributed by atoms with van der Waals surface area (Å²) in [6, 6.07) is 11.2. The van der Waals surface area contributed by atoms with Gasteiger partial charge in [-0.15, -0.1) is 0 Å². The van der Waals surface area contributed by atoms with Gasteiger partial charge in [-0.05, 0) is 24.3 Å². The molecule has 1 aliphatic rings. The first kappa shape index (κ1) is 14.2. The van der Waals surface area contributed by atoms with E-state index >= 15 is 0 Å². The molecule has 3 N–H and O–H groups in total. The van der Waals surface area contributed by atoms with Crippen LogP contribution in [-0.2, 0) is 10.0 Å². The van der Waals surface area contributed by atoms with Crippen LogP contribution >= 0.6 is 11.6 Å². The van der Waals surface area contributed by atoms with E-state index in [1.54, 1.807) is 6.07 Å². The Balaban J connectivity index is 1.91. The van der Waals surface area contributed by atoms with Crippen LogP contribution in [0.5, 0.6) is 5.75 Å². The topological polar surface area (TPSA) is 81.4 Å². The zero-order valence-electron chi connectivity index (χ0n) is 10.9. The molecule has 1 heterocycles. The van der Waals surface area contributed by atoms with Gasteiger partial charge in [0.25, 0.3) is 0 Å². The smallest absolute Gasteiger partial charge is 0.243 e. The molecule has 0 radical (unpaired) electrons. The van der Waals surface area contributed by atoms with E-state index in [0.717, 1.165) is 5.56 Å². The predicted octanol–water partition coefficient (Wildman–Crippen LogP) is 2.33. The Bertz CT molecular complexity index is 793. The van der Waals surface area contributed by atoms with Crippen LogP contribution in [0.1, 0.15) is 11.6 Å². The van der Waals surface area contributed by atoms with E-state index in [0.29, 0.717) is 10.8 Å². The molecule has 3 rings (SSSR count). The molecule has 1 aliphatic heterocycles. The molecule has 110 valence electrons. The molecule has 0 fully saturated rings. The maximum atomic E-state index is 12.4. The fourth-order valence-electron chi connectivity index (χ4n) is 2.28. The SMILES string of the molecule is Nc1cc(Cl)ccc1S(=O)(=O)NC1COc2ccccc21. The van der Waals surface area contributed by atoms with Crippen molar-refractivity contribution in [1.82, 2.24) is 4.72 Å². The van der Waals surface area contributed by atoms with Crippen molar-refractivity contribution in [1.29, 1.82) is 0 Å². The fraction of sp³-hybridized carbons (Fsp3) is 0.143. The third kappa shape index (κ3) is 2.70.